The first-order valence-electron chi connectivity index (χ1n) is 5.52. The molecule has 0 unspecified atom stereocenters. The smallest absolute Gasteiger partial charge is 0.252 e. The molecule has 3 nitrogen and oxygen atoms in total. The van der Waals surface area contributed by atoms with Crippen molar-refractivity contribution in [1.29, 1.82) is 0 Å². The van der Waals surface area contributed by atoms with Crippen molar-refractivity contribution in [3.63, 3.8) is 0 Å². The molecule has 0 aromatic heterocycles. The molecule has 3 N–H and O–H groups in total. The van der Waals surface area contributed by atoms with Gasteiger partial charge in [0.05, 0.1) is 10.6 Å². The van der Waals surface area contributed by atoms with Crippen LogP contribution in [0.5, 0.6) is 0 Å². The highest BCUT2D eigenvalue weighted by atomic mass is 35.5. The molecule has 1 aliphatic rings. The summed E-state index contributed by atoms with van der Waals surface area (Å²) < 4.78 is 0. The monoisotopic (exact) mass is 272 g/mol. The van der Waals surface area contributed by atoms with Crippen LogP contribution in [0.3, 0.4) is 0 Å². The molecule has 2 rings (SSSR count). The minimum absolute atomic E-state index is 0.205. The molecule has 1 saturated carbocycles. The van der Waals surface area contributed by atoms with E-state index < -0.39 is 0 Å². The minimum Gasteiger partial charge on any atom is -0.350 e. The predicted molar refractivity (Wildman–Crippen MR) is 69.6 cm³/mol. The average Bonchev–Trinajstić information content (AvgIpc) is 2.23. The first kappa shape index (κ1) is 12.7. The maximum Gasteiger partial charge on any atom is 0.252 e. The van der Waals surface area contributed by atoms with E-state index in [9.17, 15) is 4.79 Å². The van der Waals surface area contributed by atoms with E-state index in [1.807, 2.05) is 0 Å². The molecule has 1 fully saturated rings. The second kappa shape index (κ2) is 4.84. The Balaban J connectivity index is 1.99. The molecule has 0 radical (unpaired) electrons. The molecule has 1 aromatic carbocycles. The van der Waals surface area contributed by atoms with Crippen molar-refractivity contribution in [3.8, 4) is 0 Å². The van der Waals surface area contributed by atoms with E-state index in [0.29, 0.717) is 22.2 Å². The molecule has 17 heavy (non-hydrogen) atoms. The molecule has 1 aromatic rings. The summed E-state index contributed by atoms with van der Waals surface area (Å²) in [7, 11) is 0. The van der Waals surface area contributed by atoms with Crippen LogP contribution in [0.1, 0.15) is 29.6 Å². The van der Waals surface area contributed by atoms with Crippen molar-refractivity contribution < 1.29 is 4.79 Å². The van der Waals surface area contributed by atoms with Crippen LogP contribution in [0.4, 0.5) is 0 Å². The van der Waals surface area contributed by atoms with Crippen molar-refractivity contribution in [2.24, 2.45) is 5.73 Å². The number of nitrogens with one attached hydrogen (secondary N) is 1. The van der Waals surface area contributed by atoms with Crippen LogP contribution in [0, 0.1) is 0 Å². The van der Waals surface area contributed by atoms with Gasteiger partial charge < -0.3 is 11.1 Å². The summed E-state index contributed by atoms with van der Waals surface area (Å²) in [5.74, 6) is -0.205. The number of benzene rings is 1. The zero-order valence-electron chi connectivity index (χ0n) is 9.30. The average molecular weight is 273 g/mol. The van der Waals surface area contributed by atoms with Gasteiger partial charge in [-0.3, -0.25) is 4.79 Å². The summed E-state index contributed by atoms with van der Waals surface area (Å²) in [4.78, 5) is 11.9. The zero-order chi connectivity index (χ0) is 12.5. The first-order valence-corrected chi connectivity index (χ1v) is 6.28. The summed E-state index contributed by atoms with van der Waals surface area (Å²) in [6, 6.07) is 4.81. The molecule has 0 atom stereocenters. The number of amides is 1. The van der Waals surface area contributed by atoms with Crippen LogP contribution in [0.15, 0.2) is 18.2 Å². The van der Waals surface area contributed by atoms with Gasteiger partial charge in [-0.15, -0.1) is 0 Å². The molecule has 5 heteroatoms. The van der Waals surface area contributed by atoms with Gasteiger partial charge in [-0.2, -0.15) is 0 Å². The normalized spacial score (nSPS) is 17.4. The highest BCUT2D eigenvalue weighted by Crippen LogP contribution is 2.28. The maximum absolute atomic E-state index is 11.9. The molecular weight excluding hydrogens is 259 g/mol. The van der Waals surface area contributed by atoms with Crippen molar-refractivity contribution in [3.05, 3.63) is 33.8 Å². The lowest BCUT2D eigenvalue weighted by Gasteiger charge is -2.38. The van der Waals surface area contributed by atoms with Gasteiger partial charge in [0.1, 0.15) is 0 Å². The van der Waals surface area contributed by atoms with E-state index in [2.05, 4.69) is 5.32 Å². The second-order valence-corrected chi connectivity index (χ2v) is 5.37. The van der Waals surface area contributed by atoms with Crippen LogP contribution in [-0.4, -0.2) is 18.0 Å². The van der Waals surface area contributed by atoms with Gasteiger partial charge in [0.25, 0.3) is 5.91 Å². The highest BCUT2D eigenvalue weighted by Gasteiger charge is 2.32. The van der Waals surface area contributed by atoms with E-state index in [1.54, 1.807) is 18.2 Å². The van der Waals surface area contributed by atoms with Crippen molar-refractivity contribution in [1.82, 2.24) is 5.32 Å². The third-order valence-electron chi connectivity index (χ3n) is 3.13. The van der Waals surface area contributed by atoms with Crippen LogP contribution in [0.2, 0.25) is 10.0 Å². The Morgan fingerprint density at radius 2 is 2.12 bits per heavy atom. The van der Waals surface area contributed by atoms with Crippen molar-refractivity contribution in [2.45, 2.75) is 24.8 Å². The standard InChI is InChI=1S/C12H14Cl2N2O/c13-8-2-3-9(10(14)6-8)11(17)16-7-12(15)4-1-5-12/h2-3,6H,1,4-5,7,15H2,(H,16,17). The lowest BCUT2D eigenvalue weighted by molar-refractivity contribution is 0.0930. The largest absolute Gasteiger partial charge is 0.350 e. The Hall–Kier alpha value is -0.770. The highest BCUT2D eigenvalue weighted by molar-refractivity contribution is 6.36. The summed E-state index contributed by atoms with van der Waals surface area (Å²) in [6.07, 6.45) is 3.05. The van der Waals surface area contributed by atoms with Gasteiger partial charge in [0.15, 0.2) is 0 Å². The second-order valence-electron chi connectivity index (χ2n) is 4.52. The number of rotatable bonds is 3. The Kier molecular flexibility index (Phi) is 3.61. The molecule has 0 saturated heterocycles. The van der Waals surface area contributed by atoms with Crippen LogP contribution >= 0.6 is 23.2 Å². The number of halogens is 2. The summed E-state index contributed by atoms with van der Waals surface area (Å²) in [6.45, 7) is 0.491. The minimum atomic E-state index is -0.228. The third-order valence-corrected chi connectivity index (χ3v) is 3.67. The Morgan fingerprint density at radius 3 is 2.65 bits per heavy atom. The Morgan fingerprint density at radius 1 is 1.41 bits per heavy atom. The molecule has 0 spiro atoms. The fourth-order valence-corrected chi connectivity index (χ4v) is 2.33. The van der Waals surface area contributed by atoms with Gasteiger partial charge in [-0.1, -0.05) is 23.2 Å². The Labute approximate surface area is 110 Å². The molecule has 0 bridgehead atoms. The molecule has 0 heterocycles. The Bertz CT molecular complexity index is 444. The van der Waals surface area contributed by atoms with Crippen molar-refractivity contribution >= 4 is 29.1 Å². The molecular formula is C12H14Cl2N2O. The van der Waals surface area contributed by atoms with E-state index >= 15 is 0 Å². The lowest BCUT2D eigenvalue weighted by atomic mass is 9.78. The molecule has 0 aliphatic heterocycles. The zero-order valence-corrected chi connectivity index (χ0v) is 10.8. The lowest BCUT2D eigenvalue weighted by Crippen LogP contribution is -2.54. The van der Waals surface area contributed by atoms with E-state index in [0.717, 1.165) is 19.3 Å². The third kappa shape index (κ3) is 2.92. The van der Waals surface area contributed by atoms with E-state index in [-0.39, 0.29) is 11.4 Å². The quantitative estimate of drug-likeness (QED) is 0.889. The van der Waals surface area contributed by atoms with Crippen LogP contribution in [0.25, 0.3) is 0 Å². The van der Waals surface area contributed by atoms with E-state index in [4.69, 9.17) is 28.9 Å². The molecule has 92 valence electrons. The van der Waals surface area contributed by atoms with Crippen LogP contribution in [-0.2, 0) is 0 Å². The van der Waals surface area contributed by atoms with E-state index in [1.165, 1.54) is 0 Å². The molecule has 1 aliphatic carbocycles. The van der Waals surface area contributed by atoms with Crippen molar-refractivity contribution in [2.75, 3.05) is 6.54 Å². The number of hydrogen-bond acceptors (Lipinski definition) is 2. The first-order chi connectivity index (χ1) is 8.00. The predicted octanol–water partition coefficient (Wildman–Crippen LogP) is 2.60. The summed E-state index contributed by atoms with van der Waals surface area (Å²) >= 11 is 11.7. The van der Waals surface area contributed by atoms with Gasteiger partial charge in [0.2, 0.25) is 0 Å². The number of carbonyl (C=O) groups is 1. The number of hydrogen-bond donors (Lipinski definition) is 2. The van der Waals surface area contributed by atoms with Gasteiger partial charge >= 0.3 is 0 Å². The maximum atomic E-state index is 11.9. The van der Waals surface area contributed by atoms with Gasteiger partial charge in [0, 0.05) is 17.1 Å². The summed E-state index contributed by atoms with van der Waals surface area (Å²) in [5, 5.41) is 3.68. The fourth-order valence-electron chi connectivity index (χ4n) is 1.83. The SMILES string of the molecule is NC1(CNC(=O)c2ccc(Cl)cc2Cl)CCC1. The van der Waals surface area contributed by atoms with Gasteiger partial charge in [-0.25, -0.2) is 0 Å². The number of carbonyl (C=O) groups excluding carboxylic acids is 1. The fraction of sp³-hybridized carbons (Fsp3) is 0.417. The topological polar surface area (TPSA) is 55.1 Å². The summed E-state index contributed by atoms with van der Waals surface area (Å²) in [5.41, 5.74) is 6.22. The number of nitrogens with two attached hydrogens (primary N) is 1. The molecule has 1 amide bonds. The van der Waals surface area contributed by atoms with Crippen LogP contribution < -0.4 is 11.1 Å². The van der Waals surface area contributed by atoms with Gasteiger partial charge in [-0.05, 0) is 37.5 Å².